The Hall–Kier alpha value is -3.36. The molecule has 1 N–H and O–H groups in total. The minimum Gasteiger partial charge on any atom is -0.379 e. The Bertz CT molecular complexity index is 1210. The maximum atomic E-state index is 14.8. The number of pyridine rings is 1. The van der Waals surface area contributed by atoms with Crippen LogP contribution in [0.1, 0.15) is 5.69 Å². The number of morpholine rings is 1. The van der Waals surface area contributed by atoms with Crippen LogP contribution >= 0.6 is 0 Å². The highest BCUT2D eigenvalue weighted by molar-refractivity contribution is 5.81. The number of benzene rings is 1. The number of nitrogens with one attached hydrogen (secondary N) is 1. The van der Waals surface area contributed by atoms with Crippen LogP contribution < -0.4 is 0 Å². The minimum absolute atomic E-state index is 0.278. The van der Waals surface area contributed by atoms with E-state index in [4.69, 9.17) is 4.74 Å². The van der Waals surface area contributed by atoms with Gasteiger partial charge in [-0.15, -0.1) is 0 Å². The number of aromatic nitrogens is 5. The largest absolute Gasteiger partial charge is 0.379 e. The van der Waals surface area contributed by atoms with Crippen molar-refractivity contribution in [2.75, 3.05) is 32.8 Å². The molecule has 0 radical (unpaired) electrons. The van der Waals surface area contributed by atoms with Crippen molar-refractivity contribution in [1.82, 2.24) is 29.9 Å². The summed E-state index contributed by atoms with van der Waals surface area (Å²) in [5.41, 5.74) is 5.46. The van der Waals surface area contributed by atoms with Crippen LogP contribution in [0.5, 0.6) is 0 Å². The summed E-state index contributed by atoms with van der Waals surface area (Å²) in [6.45, 7) is 7.03. The summed E-state index contributed by atoms with van der Waals surface area (Å²) in [6.07, 6.45) is 5.45. The summed E-state index contributed by atoms with van der Waals surface area (Å²) in [7, 11) is 0. The number of nitrogens with zero attached hydrogens (tertiary/aromatic N) is 5. The number of aryl methyl sites for hydroxylation is 1. The molecular weight excluding hydrogens is 407 g/mol. The van der Waals surface area contributed by atoms with Gasteiger partial charge in [0, 0.05) is 54.4 Å². The molecule has 0 saturated carbocycles. The average Bonchev–Trinajstić information content (AvgIpc) is 3.49. The topological polar surface area (TPSA) is 71.9 Å². The quantitative estimate of drug-likeness (QED) is 0.502. The van der Waals surface area contributed by atoms with E-state index in [9.17, 15) is 4.39 Å². The molecule has 7 nitrogen and oxygen atoms in total. The van der Waals surface area contributed by atoms with E-state index in [1.165, 1.54) is 6.07 Å². The number of hydrogen-bond donors (Lipinski definition) is 1. The van der Waals surface area contributed by atoms with E-state index in [2.05, 4.69) is 25.2 Å². The molecule has 1 aromatic carbocycles. The Morgan fingerprint density at radius 1 is 1.06 bits per heavy atom. The summed E-state index contributed by atoms with van der Waals surface area (Å²) in [5, 5.41) is 11.8. The molecule has 0 aliphatic carbocycles. The molecule has 3 aromatic heterocycles. The van der Waals surface area contributed by atoms with E-state index in [-0.39, 0.29) is 5.82 Å². The first-order valence-electron chi connectivity index (χ1n) is 10.8. The van der Waals surface area contributed by atoms with Gasteiger partial charge in [-0.05, 0) is 36.8 Å². The zero-order valence-corrected chi connectivity index (χ0v) is 18.0. The van der Waals surface area contributed by atoms with Crippen LogP contribution in [-0.2, 0) is 11.3 Å². The summed E-state index contributed by atoms with van der Waals surface area (Å²) in [5.74, 6) is -0.278. The van der Waals surface area contributed by atoms with Crippen LogP contribution in [0.2, 0.25) is 0 Å². The van der Waals surface area contributed by atoms with E-state index >= 15 is 0 Å². The second kappa shape index (κ2) is 9.02. The fraction of sp³-hybridized carbons (Fsp3) is 0.292. The maximum Gasteiger partial charge on any atom is 0.131 e. The van der Waals surface area contributed by atoms with Crippen molar-refractivity contribution >= 4 is 0 Å². The fourth-order valence-corrected chi connectivity index (χ4v) is 3.99. The molecule has 4 aromatic rings. The molecule has 1 aliphatic heterocycles. The zero-order chi connectivity index (χ0) is 21.9. The fourth-order valence-electron chi connectivity index (χ4n) is 3.99. The summed E-state index contributed by atoms with van der Waals surface area (Å²) in [4.78, 5) is 6.93. The van der Waals surface area contributed by atoms with Gasteiger partial charge in [0.05, 0.1) is 31.6 Å². The molecule has 164 valence electrons. The van der Waals surface area contributed by atoms with E-state index in [1.54, 1.807) is 12.3 Å². The van der Waals surface area contributed by atoms with E-state index in [0.29, 0.717) is 5.56 Å². The van der Waals surface area contributed by atoms with E-state index in [1.807, 2.05) is 48.3 Å². The first-order valence-corrected chi connectivity index (χ1v) is 10.8. The third kappa shape index (κ3) is 4.32. The van der Waals surface area contributed by atoms with Crippen LogP contribution in [0.3, 0.4) is 0 Å². The van der Waals surface area contributed by atoms with Gasteiger partial charge in [-0.25, -0.2) is 4.39 Å². The Kier molecular flexibility index (Phi) is 5.79. The van der Waals surface area contributed by atoms with Crippen LogP contribution in [-0.4, -0.2) is 62.7 Å². The minimum atomic E-state index is -0.278. The Morgan fingerprint density at radius 3 is 2.78 bits per heavy atom. The highest BCUT2D eigenvalue weighted by Gasteiger charge is 2.16. The third-order valence-corrected chi connectivity index (χ3v) is 5.74. The molecule has 0 amide bonds. The highest BCUT2D eigenvalue weighted by atomic mass is 19.1. The molecule has 5 rings (SSSR count). The number of ether oxygens (including phenoxy) is 1. The number of rotatable bonds is 6. The molecule has 0 atom stereocenters. The average molecular weight is 433 g/mol. The lowest BCUT2D eigenvalue weighted by Gasteiger charge is -2.26. The molecule has 1 aliphatic rings. The normalized spacial score (nSPS) is 14.7. The van der Waals surface area contributed by atoms with Crippen molar-refractivity contribution in [1.29, 1.82) is 0 Å². The molecule has 0 bridgehead atoms. The monoisotopic (exact) mass is 432 g/mol. The highest BCUT2D eigenvalue weighted by Crippen LogP contribution is 2.33. The van der Waals surface area contributed by atoms with Crippen LogP contribution in [0.4, 0.5) is 4.39 Å². The van der Waals surface area contributed by atoms with Gasteiger partial charge in [-0.1, -0.05) is 12.1 Å². The van der Waals surface area contributed by atoms with Gasteiger partial charge in [0.15, 0.2) is 0 Å². The van der Waals surface area contributed by atoms with Crippen molar-refractivity contribution in [3.63, 3.8) is 0 Å². The van der Waals surface area contributed by atoms with Gasteiger partial charge in [0.1, 0.15) is 11.5 Å². The SMILES string of the molecule is Cc1cccc(-c2n[nH]cc2-c2ccc(F)c(-c3cnn(CCN4CCOCC4)c3)c2)n1. The van der Waals surface area contributed by atoms with Crippen LogP contribution in [0.25, 0.3) is 33.6 Å². The number of halogens is 1. The molecule has 1 saturated heterocycles. The molecule has 1 fully saturated rings. The Morgan fingerprint density at radius 2 is 1.94 bits per heavy atom. The lowest BCUT2D eigenvalue weighted by Crippen LogP contribution is -2.38. The van der Waals surface area contributed by atoms with Gasteiger partial charge in [-0.3, -0.25) is 19.7 Å². The van der Waals surface area contributed by atoms with Crippen LogP contribution in [0.15, 0.2) is 55.0 Å². The van der Waals surface area contributed by atoms with Gasteiger partial charge >= 0.3 is 0 Å². The van der Waals surface area contributed by atoms with Crippen molar-refractivity contribution in [3.05, 3.63) is 66.5 Å². The molecule has 32 heavy (non-hydrogen) atoms. The Labute approximate surface area is 185 Å². The van der Waals surface area contributed by atoms with Gasteiger partial charge in [0.2, 0.25) is 0 Å². The molecular formula is C24H25FN6O. The lowest BCUT2D eigenvalue weighted by atomic mass is 9.99. The van der Waals surface area contributed by atoms with Crippen molar-refractivity contribution in [2.45, 2.75) is 13.5 Å². The first-order chi connectivity index (χ1) is 15.7. The molecule has 8 heteroatoms. The number of H-pyrrole nitrogens is 1. The molecule has 4 heterocycles. The summed E-state index contributed by atoms with van der Waals surface area (Å²) >= 11 is 0. The number of aromatic amines is 1. The van der Waals surface area contributed by atoms with Gasteiger partial charge in [0.25, 0.3) is 0 Å². The zero-order valence-electron chi connectivity index (χ0n) is 18.0. The van der Waals surface area contributed by atoms with Crippen molar-refractivity contribution in [3.8, 4) is 33.6 Å². The van der Waals surface area contributed by atoms with Crippen molar-refractivity contribution in [2.24, 2.45) is 0 Å². The van der Waals surface area contributed by atoms with Gasteiger partial charge in [-0.2, -0.15) is 10.2 Å². The second-order valence-corrected chi connectivity index (χ2v) is 7.95. The molecule has 0 unspecified atom stereocenters. The molecule has 0 spiro atoms. The predicted octanol–water partition coefficient (Wildman–Crippen LogP) is 3.78. The maximum absolute atomic E-state index is 14.8. The van der Waals surface area contributed by atoms with Crippen LogP contribution in [0, 0.1) is 12.7 Å². The third-order valence-electron chi connectivity index (χ3n) is 5.74. The Balaban J connectivity index is 1.40. The predicted molar refractivity (Wildman–Crippen MR) is 120 cm³/mol. The number of hydrogen-bond acceptors (Lipinski definition) is 5. The summed E-state index contributed by atoms with van der Waals surface area (Å²) < 4.78 is 22.0. The standard InChI is InChI=1S/C24H25FN6O/c1-17-3-2-4-23(28-17)24-21(15-26-29-24)18-5-6-22(25)20(13-18)19-14-27-31(16-19)8-7-30-9-11-32-12-10-30/h2-6,13-16H,7-12H2,1H3,(H,26,29). The smallest absolute Gasteiger partial charge is 0.131 e. The summed E-state index contributed by atoms with van der Waals surface area (Å²) in [6, 6.07) is 10.9. The second-order valence-electron chi connectivity index (χ2n) is 7.95. The first kappa shape index (κ1) is 20.5. The van der Waals surface area contributed by atoms with Crippen molar-refractivity contribution < 1.29 is 9.13 Å². The van der Waals surface area contributed by atoms with E-state index in [0.717, 1.165) is 73.2 Å². The van der Waals surface area contributed by atoms with Gasteiger partial charge < -0.3 is 4.74 Å². The van der Waals surface area contributed by atoms with E-state index < -0.39 is 0 Å². The lowest BCUT2D eigenvalue weighted by molar-refractivity contribution is 0.0360.